The molecule has 0 atom stereocenters. The van der Waals surface area contributed by atoms with Crippen molar-refractivity contribution in [3.05, 3.63) is 36.9 Å². The van der Waals surface area contributed by atoms with E-state index in [4.69, 9.17) is 0 Å². The highest BCUT2D eigenvalue weighted by Gasteiger charge is 2.15. The van der Waals surface area contributed by atoms with Gasteiger partial charge in [-0.1, -0.05) is 25.0 Å². The average molecular weight is 242 g/mol. The lowest BCUT2D eigenvalue weighted by atomic mass is 10.1. The number of para-hydroxylation sites is 2. The van der Waals surface area contributed by atoms with E-state index in [1.165, 1.54) is 25.7 Å². The first-order valence-electron chi connectivity index (χ1n) is 6.61. The first-order chi connectivity index (χ1) is 8.93. The fourth-order valence-electron chi connectivity index (χ4n) is 2.62. The number of nitrogens with one attached hydrogen (secondary N) is 1. The van der Waals surface area contributed by atoms with Gasteiger partial charge in [-0.3, -0.25) is 0 Å². The van der Waals surface area contributed by atoms with Gasteiger partial charge in [0.1, 0.15) is 12.7 Å². The Bertz CT molecular complexity index is 486. The Kier molecular flexibility index (Phi) is 3.26. The van der Waals surface area contributed by atoms with E-state index in [1.54, 1.807) is 17.3 Å². The highest BCUT2D eigenvalue weighted by Crippen LogP contribution is 2.26. The normalized spacial score (nSPS) is 16.0. The third kappa shape index (κ3) is 2.37. The molecule has 94 valence electrons. The molecule has 1 aromatic heterocycles. The standard InChI is InChI=1S/C14H18N4/c1-2-6-12(5-1)9-16-13-7-3-4-8-14(13)18-11-15-10-17-18/h3-4,7-8,10-12,16H,1-2,5-6,9H2. The van der Waals surface area contributed by atoms with E-state index < -0.39 is 0 Å². The van der Waals surface area contributed by atoms with Crippen molar-refractivity contribution < 1.29 is 0 Å². The number of nitrogens with zero attached hydrogens (tertiary/aromatic N) is 3. The Morgan fingerprint density at radius 3 is 2.83 bits per heavy atom. The highest BCUT2D eigenvalue weighted by atomic mass is 15.3. The number of hydrogen-bond donors (Lipinski definition) is 1. The molecular formula is C14H18N4. The summed E-state index contributed by atoms with van der Waals surface area (Å²) in [4.78, 5) is 4.00. The zero-order valence-corrected chi connectivity index (χ0v) is 10.4. The van der Waals surface area contributed by atoms with E-state index in [1.807, 2.05) is 6.07 Å². The fraction of sp³-hybridized carbons (Fsp3) is 0.429. The van der Waals surface area contributed by atoms with E-state index in [-0.39, 0.29) is 0 Å². The molecule has 0 spiro atoms. The molecule has 1 aromatic carbocycles. The Balaban J connectivity index is 1.75. The number of hydrogen-bond acceptors (Lipinski definition) is 3. The van der Waals surface area contributed by atoms with E-state index in [2.05, 4.69) is 33.6 Å². The van der Waals surface area contributed by atoms with Crippen LogP contribution in [0.4, 0.5) is 5.69 Å². The molecule has 18 heavy (non-hydrogen) atoms. The Morgan fingerprint density at radius 2 is 2.06 bits per heavy atom. The van der Waals surface area contributed by atoms with Crippen molar-refractivity contribution in [3.63, 3.8) is 0 Å². The molecular weight excluding hydrogens is 224 g/mol. The monoisotopic (exact) mass is 242 g/mol. The molecule has 1 heterocycles. The molecule has 1 saturated carbocycles. The summed E-state index contributed by atoms with van der Waals surface area (Å²) in [6.07, 6.45) is 8.79. The smallest absolute Gasteiger partial charge is 0.138 e. The number of benzene rings is 1. The van der Waals surface area contributed by atoms with E-state index in [0.29, 0.717) is 0 Å². The second-order valence-corrected chi connectivity index (χ2v) is 4.89. The zero-order valence-electron chi connectivity index (χ0n) is 10.4. The van der Waals surface area contributed by atoms with Gasteiger partial charge in [0.15, 0.2) is 0 Å². The molecule has 0 amide bonds. The average Bonchev–Trinajstić information content (AvgIpc) is 3.10. The summed E-state index contributed by atoms with van der Waals surface area (Å²) >= 11 is 0. The van der Waals surface area contributed by atoms with Gasteiger partial charge in [-0.2, -0.15) is 5.10 Å². The Labute approximate surface area is 107 Å². The van der Waals surface area contributed by atoms with Crippen LogP contribution in [0.25, 0.3) is 5.69 Å². The van der Waals surface area contributed by atoms with Crippen molar-refractivity contribution in [1.29, 1.82) is 0 Å². The maximum absolute atomic E-state index is 4.19. The van der Waals surface area contributed by atoms with Crippen molar-refractivity contribution in [2.75, 3.05) is 11.9 Å². The summed E-state index contributed by atoms with van der Waals surface area (Å²) < 4.78 is 1.80. The molecule has 4 heteroatoms. The number of anilines is 1. The lowest BCUT2D eigenvalue weighted by Gasteiger charge is -2.14. The van der Waals surface area contributed by atoms with E-state index >= 15 is 0 Å². The van der Waals surface area contributed by atoms with Crippen molar-refractivity contribution in [3.8, 4) is 5.69 Å². The molecule has 2 aromatic rings. The second-order valence-electron chi connectivity index (χ2n) is 4.89. The van der Waals surface area contributed by atoms with Crippen LogP contribution >= 0.6 is 0 Å². The molecule has 0 aliphatic heterocycles. The van der Waals surface area contributed by atoms with Gasteiger partial charge < -0.3 is 5.32 Å². The topological polar surface area (TPSA) is 42.7 Å². The van der Waals surface area contributed by atoms with Crippen LogP contribution in [0.5, 0.6) is 0 Å². The number of aromatic nitrogens is 3. The van der Waals surface area contributed by atoms with Crippen LogP contribution in [0.15, 0.2) is 36.9 Å². The molecule has 4 nitrogen and oxygen atoms in total. The molecule has 1 N–H and O–H groups in total. The first kappa shape index (κ1) is 11.3. The third-order valence-electron chi connectivity index (χ3n) is 3.63. The third-order valence-corrected chi connectivity index (χ3v) is 3.63. The van der Waals surface area contributed by atoms with Crippen molar-refractivity contribution in [2.24, 2.45) is 5.92 Å². The van der Waals surface area contributed by atoms with Crippen LogP contribution in [-0.2, 0) is 0 Å². The maximum Gasteiger partial charge on any atom is 0.138 e. The van der Waals surface area contributed by atoms with Gasteiger partial charge in [0.25, 0.3) is 0 Å². The molecule has 0 bridgehead atoms. The van der Waals surface area contributed by atoms with Crippen molar-refractivity contribution in [2.45, 2.75) is 25.7 Å². The van der Waals surface area contributed by atoms with Crippen molar-refractivity contribution in [1.82, 2.24) is 14.8 Å². The zero-order chi connectivity index (χ0) is 12.2. The van der Waals surface area contributed by atoms with Gasteiger partial charge in [0.05, 0.1) is 11.4 Å². The predicted molar refractivity (Wildman–Crippen MR) is 71.8 cm³/mol. The van der Waals surface area contributed by atoms with Crippen molar-refractivity contribution >= 4 is 5.69 Å². The molecule has 0 radical (unpaired) electrons. The van der Waals surface area contributed by atoms with Crippen LogP contribution in [0.3, 0.4) is 0 Å². The molecule has 1 aliphatic rings. The summed E-state index contributed by atoms with van der Waals surface area (Å²) in [5, 5.41) is 7.75. The molecule has 0 unspecified atom stereocenters. The number of rotatable bonds is 4. The SMILES string of the molecule is c1ccc(-n2cncn2)c(NCC2CCCC2)c1. The van der Waals surface area contributed by atoms with Gasteiger partial charge in [0, 0.05) is 6.54 Å². The fourth-order valence-corrected chi connectivity index (χ4v) is 2.62. The van der Waals surface area contributed by atoms with Crippen LogP contribution in [0.2, 0.25) is 0 Å². The summed E-state index contributed by atoms with van der Waals surface area (Å²) in [6, 6.07) is 8.24. The molecule has 1 fully saturated rings. The molecule has 1 aliphatic carbocycles. The maximum atomic E-state index is 4.19. The largest absolute Gasteiger partial charge is 0.383 e. The lowest BCUT2D eigenvalue weighted by Crippen LogP contribution is -2.12. The molecule has 3 rings (SSSR count). The second kappa shape index (κ2) is 5.21. The summed E-state index contributed by atoms with van der Waals surface area (Å²) in [6.45, 7) is 1.06. The predicted octanol–water partition coefficient (Wildman–Crippen LogP) is 2.87. The lowest BCUT2D eigenvalue weighted by molar-refractivity contribution is 0.579. The van der Waals surface area contributed by atoms with E-state index in [9.17, 15) is 0 Å². The quantitative estimate of drug-likeness (QED) is 0.896. The summed E-state index contributed by atoms with van der Waals surface area (Å²) in [5.41, 5.74) is 2.20. The Morgan fingerprint density at radius 1 is 1.22 bits per heavy atom. The summed E-state index contributed by atoms with van der Waals surface area (Å²) in [5.74, 6) is 0.828. The molecule has 0 saturated heterocycles. The minimum absolute atomic E-state index is 0.828. The van der Waals surface area contributed by atoms with Crippen LogP contribution < -0.4 is 5.32 Å². The van der Waals surface area contributed by atoms with E-state index in [0.717, 1.165) is 23.8 Å². The minimum atomic E-state index is 0.828. The Hall–Kier alpha value is -1.84. The van der Waals surface area contributed by atoms with Crippen LogP contribution in [-0.4, -0.2) is 21.3 Å². The van der Waals surface area contributed by atoms with Crippen LogP contribution in [0, 0.1) is 5.92 Å². The highest BCUT2D eigenvalue weighted by molar-refractivity contribution is 5.60. The van der Waals surface area contributed by atoms with Crippen LogP contribution in [0.1, 0.15) is 25.7 Å². The van der Waals surface area contributed by atoms with Gasteiger partial charge in [-0.15, -0.1) is 0 Å². The first-order valence-corrected chi connectivity index (χ1v) is 6.61. The summed E-state index contributed by atoms with van der Waals surface area (Å²) in [7, 11) is 0. The van der Waals surface area contributed by atoms with Gasteiger partial charge in [-0.25, -0.2) is 9.67 Å². The van der Waals surface area contributed by atoms with Gasteiger partial charge >= 0.3 is 0 Å². The van der Waals surface area contributed by atoms with Gasteiger partial charge in [-0.05, 0) is 30.9 Å². The van der Waals surface area contributed by atoms with Gasteiger partial charge in [0.2, 0.25) is 0 Å². The minimum Gasteiger partial charge on any atom is -0.383 e.